The summed E-state index contributed by atoms with van der Waals surface area (Å²) in [5, 5.41) is 18.4. The first-order valence-corrected chi connectivity index (χ1v) is 16.4. The van der Waals surface area contributed by atoms with Crippen LogP contribution in [0.2, 0.25) is 0 Å². The van der Waals surface area contributed by atoms with Crippen LogP contribution in [0.4, 0.5) is 10.5 Å². The molecule has 2 heterocycles. The molecule has 0 unspecified atom stereocenters. The predicted octanol–water partition coefficient (Wildman–Crippen LogP) is 5.80. The largest absolute Gasteiger partial charge is 0.392 e. The van der Waals surface area contributed by atoms with Crippen molar-refractivity contribution >= 4 is 17.6 Å². The molecule has 2 aromatic carbocycles. The van der Waals surface area contributed by atoms with Gasteiger partial charge in [-0.3, -0.25) is 9.69 Å². The molecule has 3 amide bonds. The van der Waals surface area contributed by atoms with Crippen molar-refractivity contribution in [2.45, 2.75) is 115 Å². The van der Waals surface area contributed by atoms with Gasteiger partial charge in [-0.1, -0.05) is 49.2 Å². The smallest absolute Gasteiger partial charge is 0.319 e. The maximum Gasteiger partial charge on any atom is 0.319 e. The molecule has 2 aliphatic heterocycles. The number of ether oxygens (including phenoxy) is 2. The third kappa shape index (κ3) is 8.18. The zero-order chi connectivity index (χ0) is 31.3. The number of urea groups is 1. The molecule has 9 nitrogen and oxygen atoms in total. The van der Waals surface area contributed by atoms with Gasteiger partial charge in [-0.25, -0.2) is 4.79 Å². The normalized spacial score (nSPS) is 27.7. The van der Waals surface area contributed by atoms with Gasteiger partial charge in [0.15, 0.2) is 6.29 Å². The molecule has 2 saturated heterocycles. The molecule has 3 aliphatic rings. The zero-order valence-corrected chi connectivity index (χ0v) is 26.7. The summed E-state index contributed by atoms with van der Waals surface area (Å²) in [5.41, 5.74) is 3.15. The first-order chi connectivity index (χ1) is 21.1. The number of hydrogen-bond donors (Lipinski definition) is 4. The highest BCUT2D eigenvalue weighted by Gasteiger charge is 2.44. The fraction of sp³-hybridized carbons (Fsp3) is 0.600. The Morgan fingerprint density at radius 2 is 1.64 bits per heavy atom. The van der Waals surface area contributed by atoms with Gasteiger partial charge < -0.3 is 30.5 Å². The second-order valence-corrected chi connectivity index (χ2v) is 13.6. The summed E-state index contributed by atoms with van der Waals surface area (Å²) in [4.78, 5) is 28.1. The quantitative estimate of drug-likeness (QED) is 0.302. The lowest BCUT2D eigenvalue weighted by molar-refractivity contribution is -0.255. The molecule has 0 bridgehead atoms. The molecular formula is C35H50N4O5. The first-order valence-electron chi connectivity index (χ1n) is 16.4. The fourth-order valence-electron chi connectivity index (χ4n) is 7.06. The van der Waals surface area contributed by atoms with Crippen molar-refractivity contribution in [3.8, 4) is 0 Å². The summed E-state index contributed by atoms with van der Waals surface area (Å²) < 4.78 is 13.3. The van der Waals surface area contributed by atoms with Crippen LogP contribution in [0.5, 0.6) is 0 Å². The molecule has 9 heteroatoms. The Morgan fingerprint density at radius 1 is 0.932 bits per heavy atom. The lowest BCUT2D eigenvalue weighted by atomic mass is 9.75. The predicted molar refractivity (Wildman–Crippen MR) is 171 cm³/mol. The Kier molecular flexibility index (Phi) is 10.6. The van der Waals surface area contributed by atoms with Crippen molar-refractivity contribution in [1.82, 2.24) is 15.5 Å². The molecule has 0 aromatic heterocycles. The number of likely N-dealkylation sites (tertiary alicyclic amines) is 1. The molecule has 1 aliphatic carbocycles. The summed E-state index contributed by atoms with van der Waals surface area (Å²) in [5.74, 6) is 0.723. The van der Waals surface area contributed by atoms with Crippen LogP contribution in [0.1, 0.15) is 102 Å². The Hall–Kier alpha value is -2.98. The minimum atomic E-state index is -0.608. The number of aliphatic hydroxyl groups is 1. The monoisotopic (exact) mass is 606 g/mol. The maximum absolute atomic E-state index is 13.6. The molecule has 4 N–H and O–H groups in total. The molecule has 44 heavy (non-hydrogen) atoms. The number of carbonyl (C=O) groups is 2. The van der Waals surface area contributed by atoms with E-state index >= 15 is 0 Å². The Balaban J connectivity index is 1.40. The van der Waals surface area contributed by atoms with Crippen molar-refractivity contribution < 1.29 is 24.2 Å². The van der Waals surface area contributed by atoms with Crippen LogP contribution in [0.3, 0.4) is 0 Å². The van der Waals surface area contributed by atoms with Gasteiger partial charge in [-0.2, -0.15) is 0 Å². The number of aliphatic hydroxyl groups excluding tert-OH is 1. The molecule has 240 valence electrons. The van der Waals surface area contributed by atoms with Gasteiger partial charge in [-0.05, 0) is 82.6 Å². The van der Waals surface area contributed by atoms with Crippen molar-refractivity contribution in [1.29, 1.82) is 0 Å². The standard InChI is InChI=1S/C35H50N4O5/c1-5-36-34(42)37-27-17-14-26(15-18-27)33-43-28(20-31(44-33)25-12-10-23(22-40)11-13-25)21-39-29-9-7-6-8-24(29)16-19-30(39)32(41)38-35(2,3)4/h10-15,17-18,24,28-31,33,40H,5-9,16,19-22H2,1-4H3,(H,38,41)(H2,36,37,42)/t24-,28-,29-,30-,31+,33+/m1/s1. The van der Waals surface area contributed by atoms with Gasteiger partial charge >= 0.3 is 6.03 Å². The average molecular weight is 607 g/mol. The van der Waals surface area contributed by atoms with E-state index in [4.69, 9.17) is 9.47 Å². The Morgan fingerprint density at radius 3 is 2.32 bits per heavy atom. The minimum Gasteiger partial charge on any atom is -0.392 e. The summed E-state index contributed by atoms with van der Waals surface area (Å²) in [6, 6.07) is 15.4. The zero-order valence-electron chi connectivity index (χ0n) is 26.7. The van der Waals surface area contributed by atoms with Gasteiger partial charge in [0.25, 0.3) is 0 Å². The summed E-state index contributed by atoms with van der Waals surface area (Å²) in [6.07, 6.45) is 6.43. The van der Waals surface area contributed by atoms with E-state index in [1.54, 1.807) is 0 Å². The van der Waals surface area contributed by atoms with E-state index in [2.05, 4.69) is 20.9 Å². The van der Waals surface area contributed by atoms with Crippen molar-refractivity contribution in [3.05, 3.63) is 65.2 Å². The first kappa shape index (κ1) is 32.4. The lowest BCUT2D eigenvalue weighted by Gasteiger charge is -2.50. The second-order valence-electron chi connectivity index (χ2n) is 13.6. The Labute approximate surface area is 262 Å². The van der Waals surface area contributed by atoms with Crippen LogP contribution >= 0.6 is 0 Å². The van der Waals surface area contributed by atoms with Gasteiger partial charge in [0.2, 0.25) is 5.91 Å². The van der Waals surface area contributed by atoms with E-state index < -0.39 is 6.29 Å². The van der Waals surface area contributed by atoms with E-state index in [1.807, 2.05) is 76.2 Å². The number of anilines is 1. The molecule has 6 atom stereocenters. The van der Waals surface area contributed by atoms with Crippen molar-refractivity contribution in [2.24, 2.45) is 5.92 Å². The van der Waals surface area contributed by atoms with Gasteiger partial charge in [-0.15, -0.1) is 0 Å². The lowest BCUT2D eigenvalue weighted by Crippen LogP contribution is -2.61. The van der Waals surface area contributed by atoms with Crippen LogP contribution in [-0.4, -0.2) is 58.8 Å². The van der Waals surface area contributed by atoms with Crippen LogP contribution in [0.25, 0.3) is 0 Å². The van der Waals surface area contributed by atoms with E-state index in [-0.39, 0.29) is 42.3 Å². The van der Waals surface area contributed by atoms with Gasteiger partial charge in [0.1, 0.15) is 0 Å². The number of hydrogen-bond acceptors (Lipinski definition) is 6. The van der Waals surface area contributed by atoms with Crippen LogP contribution < -0.4 is 16.0 Å². The molecular weight excluding hydrogens is 556 g/mol. The number of fused-ring (bicyclic) bond motifs is 1. The maximum atomic E-state index is 13.6. The summed E-state index contributed by atoms with van der Waals surface area (Å²) in [7, 11) is 0. The molecule has 2 aromatic rings. The molecule has 5 rings (SSSR count). The second kappa shape index (κ2) is 14.4. The number of piperidine rings is 1. The Bertz CT molecular complexity index is 1250. The summed E-state index contributed by atoms with van der Waals surface area (Å²) >= 11 is 0. The fourth-order valence-corrected chi connectivity index (χ4v) is 7.06. The number of nitrogens with zero attached hydrogens (tertiary/aromatic N) is 1. The highest BCUT2D eigenvalue weighted by atomic mass is 16.7. The van der Waals surface area contributed by atoms with E-state index in [0.29, 0.717) is 37.2 Å². The van der Waals surface area contributed by atoms with Crippen LogP contribution in [-0.2, 0) is 20.9 Å². The van der Waals surface area contributed by atoms with Crippen molar-refractivity contribution in [2.75, 3.05) is 18.4 Å². The SMILES string of the molecule is CCNC(=O)Nc1ccc([C@H]2O[C@@H](CN3[C@@H](C(=O)NC(C)(C)C)CC[C@H]4CCCC[C@H]43)C[C@@H](c3ccc(CO)cc3)O2)cc1. The minimum absolute atomic E-state index is 0.00758. The molecule has 0 radical (unpaired) electrons. The molecule has 3 fully saturated rings. The van der Waals surface area contributed by atoms with E-state index in [1.165, 1.54) is 19.3 Å². The molecule has 0 spiro atoms. The third-order valence-electron chi connectivity index (χ3n) is 9.11. The summed E-state index contributed by atoms with van der Waals surface area (Å²) in [6.45, 7) is 9.19. The third-order valence-corrected chi connectivity index (χ3v) is 9.11. The van der Waals surface area contributed by atoms with E-state index in [0.717, 1.165) is 36.0 Å². The number of nitrogens with one attached hydrogen (secondary N) is 3. The average Bonchev–Trinajstić information content (AvgIpc) is 3.00. The van der Waals surface area contributed by atoms with Crippen LogP contribution in [0.15, 0.2) is 48.5 Å². The topological polar surface area (TPSA) is 112 Å². The highest BCUT2D eigenvalue weighted by molar-refractivity contribution is 5.89. The number of amides is 3. The number of carbonyl (C=O) groups excluding carboxylic acids is 2. The van der Waals surface area contributed by atoms with Gasteiger partial charge in [0.05, 0.1) is 24.9 Å². The molecule has 1 saturated carbocycles. The number of rotatable bonds is 8. The number of benzene rings is 2. The highest BCUT2D eigenvalue weighted by Crippen LogP contribution is 2.42. The van der Waals surface area contributed by atoms with E-state index in [9.17, 15) is 14.7 Å². The van der Waals surface area contributed by atoms with Crippen LogP contribution in [0, 0.1) is 5.92 Å². The van der Waals surface area contributed by atoms with Crippen molar-refractivity contribution in [3.63, 3.8) is 0 Å². The van der Waals surface area contributed by atoms with Gasteiger partial charge in [0, 0.05) is 42.3 Å².